The third kappa shape index (κ3) is 4.42. The molecule has 2 aromatic rings. The second-order valence-electron chi connectivity index (χ2n) is 5.65. The maximum atomic E-state index is 13.6. The van der Waals surface area contributed by atoms with Crippen molar-refractivity contribution >= 4 is 28.9 Å². The third-order valence-electron chi connectivity index (χ3n) is 3.84. The summed E-state index contributed by atoms with van der Waals surface area (Å²) in [5, 5.41) is 3.23. The molecule has 2 aromatic carbocycles. The van der Waals surface area contributed by atoms with E-state index in [1.165, 1.54) is 0 Å². The van der Waals surface area contributed by atoms with E-state index in [2.05, 4.69) is 5.32 Å². The lowest BCUT2D eigenvalue weighted by Crippen LogP contribution is -2.37. The van der Waals surface area contributed by atoms with Crippen LogP contribution in [0.15, 0.2) is 36.4 Å². The van der Waals surface area contributed by atoms with Crippen LogP contribution < -0.4 is 15.0 Å². The fraction of sp³-hybridized carbons (Fsp3) is 0.278. The molecule has 138 valence electrons. The Labute approximate surface area is 154 Å². The molecule has 8 heteroatoms. The minimum absolute atomic E-state index is 0.193. The van der Waals surface area contributed by atoms with E-state index in [9.17, 15) is 13.6 Å². The molecule has 0 atom stereocenters. The Balaban J connectivity index is 1.68. The lowest BCUT2D eigenvalue weighted by atomic mass is 10.2. The number of nitrogens with zero attached hydrogens (tertiary/aromatic N) is 1. The summed E-state index contributed by atoms with van der Waals surface area (Å²) in [6.45, 7) is 2.04. The van der Waals surface area contributed by atoms with Crippen LogP contribution in [0.5, 0.6) is 5.75 Å². The fourth-order valence-electron chi connectivity index (χ4n) is 2.65. The van der Waals surface area contributed by atoms with Gasteiger partial charge in [0.15, 0.2) is 18.2 Å². The molecule has 1 saturated heterocycles. The first kappa shape index (κ1) is 18.4. The van der Waals surface area contributed by atoms with Crippen molar-refractivity contribution in [2.24, 2.45) is 0 Å². The summed E-state index contributed by atoms with van der Waals surface area (Å²) in [4.78, 5) is 14.2. The molecule has 0 unspecified atom stereocenters. The van der Waals surface area contributed by atoms with Gasteiger partial charge in [-0.15, -0.1) is 0 Å². The van der Waals surface area contributed by atoms with Gasteiger partial charge in [-0.2, -0.15) is 0 Å². The van der Waals surface area contributed by atoms with E-state index in [4.69, 9.17) is 21.1 Å². The molecule has 1 fully saturated rings. The van der Waals surface area contributed by atoms with Crippen LogP contribution in [0, 0.1) is 11.6 Å². The Bertz CT molecular complexity index is 798. The maximum Gasteiger partial charge on any atom is 0.262 e. The molecule has 1 aliphatic rings. The normalized spacial score (nSPS) is 14.2. The Morgan fingerprint density at radius 3 is 2.73 bits per heavy atom. The number of benzene rings is 2. The Hall–Kier alpha value is -2.38. The Morgan fingerprint density at radius 2 is 2.00 bits per heavy atom. The number of carbonyl (C=O) groups excluding carboxylic acids is 1. The lowest BCUT2D eigenvalue weighted by Gasteiger charge is -2.31. The number of amides is 1. The zero-order chi connectivity index (χ0) is 18.5. The van der Waals surface area contributed by atoms with Gasteiger partial charge in [-0.05, 0) is 24.3 Å². The average Bonchev–Trinajstić information content (AvgIpc) is 2.62. The summed E-state index contributed by atoms with van der Waals surface area (Å²) in [6.07, 6.45) is 0. The van der Waals surface area contributed by atoms with Crippen LogP contribution >= 0.6 is 11.6 Å². The number of hydrogen-bond acceptors (Lipinski definition) is 4. The topological polar surface area (TPSA) is 50.8 Å². The third-order valence-corrected chi connectivity index (χ3v) is 4.15. The number of halogens is 3. The number of rotatable bonds is 5. The summed E-state index contributed by atoms with van der Waals surface area (Å²) in [5.74, 6) is -2.26. The number of anilines is 2. The second kappa shape index (κ2) is 8.33. The van der Waals surface area contributed by atoms with Crippen molar-refractivity contribution in [3.05, 3.63) is 53.1 Å². The highest BCUT2D eigenvalue weighted by molar-refractivity contribution is 6.34. The molecule has 0 spiro atoms. The minimum atomic E-state index is -0.866. The Morgan fingerprint density at radius 1 is 1.23 bits per heavy atom. The van der Waals surface area contributed by atoms with Crippen LogP contribution in [0.4, 0.5) is 20.2 Å². The van der Waals surface area contributed by atoms with Crippen LogP contribution in [0.1, 0.15) is 0 Å². The lowest BCUT2D eigenvalue weighted by molar-refractivity contribution is -0.118. The van der Waals surface area contributed by atoms with E-state index in [0.29, 0.717) is 48.8 Å². The monoisotopic (exact) mass is 382 g/mol. The van der Waals surface area contributed by atoms with Crippen molar-refractivity contribution in [3.8, 4) is 5.75 Å². The van der Waals surface area contributed by atoms with E-state index in [-0.39, 0.29) is 5.75 Å². The van der Waals surface area contributed by atoms with Crippen molar-refractivity contribution in [1.29, 1.82) is 0 Å². The Kier molecular flexibility index (Phi) is 5.90. The number of hydrogen-bond donors (Lipinski definition) is 1. The summed E-state index contributed by atoms with van der Waals surface area (Å²) < 4.78 is 36.9. The molecule has 1 heterocycles. The number of morpholine rings is 1. The first-order valence-corrected chi connectivity index (χ1v) is 8.41. The predicted octanol–water partition coefficient (Wildman–Crippen LogP) is 3.47. The van der Waals surface area contributed by atoms with Crippen molar-refractivity contribution in [3.63, 3.8) is 0 Å². The van der Waals surface area contributed by atoms with Crippen molar-refractivity contribution in [2.45, 2.75) is 0 Å². The highest BCUT2D eigenvalue weighted by Crippen LogP contribution is 2.34. The quantitative estimate of drug-likeness (QED) is 0.860. The van der Waals surface area contributed by atoms with Crippen molar-refractivity contribution in [2.75, 3.05) is 43.1 Å². The van der Waals surface area contributed by atoms with E-state index < -0.39 is 24.1 Å². The molecule has 1 amide bonds. The number of carbonyl (C=O) groups is 1. The maximum absolute atomic E-state index is 13.6. The first-order chi connectivity index (χ1) is 12.5. The molecule has 26 heavy (non-hydrogen) atoms. The first-order valence-electron chi connectivity index (χ1n) is 8.03. The highest BCUT2D eigenvalue weighted by Gasteiger charge is 2.19. The molecular formula is C18H17ClF2N2O3. The van der Waals surface area contributed by atoms with Gasteiger partial charge in [0, 0.05) is 19.2 Å². The van der Waals surface area contributed by atoms with E-state index in [1.807, 2.05) is 4.90 Å². The van der Waals surface area contributed by atoms with Gasteiger partial charge >= 0.3 is 0 Å². The van der Waals surface area contributed by atoms with Gasteiger partial charge in [0.05, 0.1) is 29.6 Å². The van der Waals surface area contributed by atoms with Gasteiger partial charge in [0.1, 0.15) is 5.82 Å². The summed E-state index contributed by atoms with van der Waals surface area (Å²) in [6, 6.07) is 8.09. The summed E-state index contributed by atoms with van der Waals surface area (Å²) in [5.41, 5.74) is 1.24. The largest absolute Gasteiger partial charge is 0.481 e. The van der Waals surface area contributed by atoms with Crippen LogP contribution in [-0.4, -0.2) is 38.8 Å². The van der Waals surface area contributed by atoms with Crippen LogP contribution in [0.25, 0.3) is 0 Å². The summed E-state index contributed by atoms with van der Waals surface area (Å²) >= 11 is 6.30. The zero-order valence-corrected chi connectivity index (χ0v) is 14.6. The molecule has 0 aliphatic carbocycles. The van der Waals surface area contributed by atoms with Gasteiger partial charge < -0.3 is 19.7 Å². The highest BCUT2D eigenvalue weighted by atomic mass is 35.5. The van der Waals surface area contributed by atoms with Gasteiger partial charge in [-0.3, -0.25) is 4.79 Å². The molecule has 0 aromatic heterocycles. The standard InChI is InChI=1S/C18H17ClF2N2O3/c19-13-2-1-3-15(18(13)23-6-8-25-9-7-23)22-17(24)11-26-16-5-4-12(20)10-14(16)21/h1-5,10H,6-9,11H2,(H,22,24). The molecule has 1 N–H and O–H groups in total. The van der Waals surface area contributed by atoms with Gasteiger partial charge in [-0.25, -0.2) is 8.78 Å². The van der Waals surface area contributed by atoms with E-state index >= 15 is 0 Å². The molecule has 0 saturated carbocycles. The molecule has 0 radical (unpaired) electrons. The molecule has 0 bridgehead atoms. The zero-order valence-electron chi connectivity index (χ0n) is 13.8. The van der Waals surface area contributed by atoms with Crippen molar-refractivity contribution < 1.29 is 23.0 Å². The van der Waals surface area contributed by atoms with Crippen LogP contribution in [0.2, 0.25) is 5.02 Å². The van der Waals surface area contributed by atoms with E-state index in [1.54, 1.807) is 18.2 Å². The van der Waals surface area contributed by atoms with Gasteiger partial charge in [0.2, 0.25) is 0 Å². The SMILES string of the molecule is O=C(COc1ccc(F)cc1F)Nc1cccc(Cl)c1N1CCOCC1. The molecular weight excluding hydrogens is 366 g/mol. The van der Waals surface area contributed by atoms with Crippen molar-refractivity contribution in [1.82, 2.24) is 0 Å². The van der Waals surface area contributed by atoms with Gasteiger partial charge in [-0.1, -0.05) is 17.7 Å². The van der Waals surface area contributed by atoms with Gasteiger partial charge in [0.25, 0.3) is 5.91 Å². The second-order valence-corrected chi connectivity index (χ2v) is 6.05. The fourth-order valence-corrected chi connectivity index (χ4v) is 2.94. The van der Waals surface area contributed by atoms with E-state index in [0.717, 1.165) is 12.1 Å². The minimum Gasteiger partial charge on any atom is -0.481 e. The molecule has 5 nitrogen and oxygen atoms in total. The number of para-hydroxylation sites is 1. The molecule has 1 aliphatic heterocycles. The van der Waals surface area contributed by atoms with Crippen LogP contribution in [-0.2, 0) is 9.53 Å². The predicted molar refractivity (Wildman–Crippen MR) is 95.0 cm³/mol. The van der Waals surface area contributed by atoms with Crippen LogP contribution in [0.3, 0.4) is 0 Å². The number of ether oxygens (including phenoxy) is 2. The number of nitrogens with one attached hydrogen (secondary N) is 1. The smallest absolute Gasteiger partial charge is 0.262 e. The average molecular weight is 383 g/mol. The molecule has 3 rings (SSSR count). The summed E-state index contributed by atoms with van der Waals surface area (Å²) in [7, 11) is 0.